The molecule has 1 aromatic heterocycles. The predicted octanol–water partition coefficient (Wildman–Crippen LogP) is 1.33. The molecular weight excluding hydrogens is 545 g/mol. The molecule has 2 heterocycles. The number of sulfonamides is 1. The van der Waals surface area contributed by atoms with Gasteiger partial charge in [0.1, 0.15) is 6.33 Å². The van der Waals surface area contributed by atoms with Gasteiger partial charge < -0.3 is 15.0 Å². The van der Waals surface area contributed by atoms with Gasteiger partial charge in [-0.2, -0.15) is 4.31 Å². The molecule has 10 nitrogen and oxygen atoms in total. The molecule has 0 amide bonds. The maximum atomic E-state index is 12.5. The Hall–Kier alpha value is -1.77. The molecule has 0 spiro atoms. The zero-order valence-corrected chi connectivity index (χ0v) is 21.9. The largest absolute Gasteiger partial charge is 0.378 e. The third kappa shape index (κ3) is 7.12. The van der Waals surface area contributed by atoms with E-state index in [1.165, 1.54) is 4.31 Å². The number of aromatic nitrogens is 3. The molecule has 32 heavy (non-hydrogen) atoms. The van der Waals surface area contributed by atoms with Crippen LogP contribution in [0, 0.1) is 0 Å². The van der Waals surface area contributed by atoms with Crippen LogP contribution < -0.4 is 5.32 Å². The maximum absolute atomic E-state index is 12.5. The molecule has 0 aliphatic carbocycles. The second kappa shape index (κ2) is 12.5. The first kappa shape index (κ1) is 26.5. The zero-order chi connectivity index (χ0) is 22.3. The van der Waals surface area contributed by atoms with E-state index >= 15 is 0 Å². The molecule has 0 atom stereocenters. The highest BCUT2D eigenvalue weighted by Gasteiger charge is 2.28. The summed E-state index contributed by atoms with van der Waals surface area (Å²) in [4.78, 5) is 6.41. The lowest BCUT2D eigenvalue weighted by Crippen LogP contribution is -2.54. The molecule has 2 aromatic rings. The first-order valence-electron chi connectivity index (χ1n) is 10.4. The summed E-state index contributed by atoms with van der Waals surface area (Å²) < 4.78 is 33.9. The van der Waals surface area contributed by atoms with Crippen LogP contribution in [0.4, 0.5) is 0 Å². The van der Waals surface area contributed by atoms with Gasteiger partial charge in [0.25, 0.3) is 0 Å². The van der Waals surface area contributed by atoms with Gasteiger partial charge in [-0.25, -0.2) is 8.42 Å². The second-order valence-corrected chi connectivity index (χ2v) is 9.56. The number of halogens is 1. The number of aliphatic imine (C=N–C) groups is 1. The van der Waals surface area contributed by atoms with E-state index in [9.17, 15) is 8.42 Å². The van der Waals surface area contributed by atoms with E-state index < -0.39 is 10.0 Å². The first-order chi connectivity index (χ1) is 14.9. The number of nitrogens with one attached hydrogen (secondary N) is 1. The quantitative estimate of drug-likeness (QED) is 0.287. The van der Waals surface area contributed by atoms with Gasteiger partial charge in [-0.1, -0.05) is 18.2 Å². The Bertz CT molecular complexity index is 959. The van der Waals surface area contributed by atoms with Crippen molar-refractivity contribution >= 4 is 40.0 Å². The van der Waals surface area contributed by atoms with Gasteiger partial charge in [0, 0.05) is 38.9 Å². The van der Waals surface area contributed by atoms with Crippen molar-refractivity contribution in [3.05, 3.63) is 42.5 Å². The van der Waals surface area contributed by atoms with Crippen LogP contribution in [0.1, 0.15) is 19.7 Å². The van der Waals surface area contributed by atoms with Crippen LogP contribution in [0.15, 0.2) is 41.7 Å². The minimum atomic E-state index is -3.32. The van der Waals surface area contributed by atoms with Gasteiger partial charge in [0.15, 0.2) is 11.8 Å². The van der Waals surface area contributed by atoms with Crippen LogP contribution in [0.2, 0.25) is 0 Å². The molecule has 0 saturated carbocycles. The van der Waals surface area contributed by atoms with E-state index in [0.29, 0.717) is 38.7 Å². The molecule has 12 heteroatoms. The fourth-order valence-corrected chi connectivity index (χ4v) is 4.66. The van der Waals surface area contributed by atoms with E-state index in [-0.39, 0.29) is 42.4 Å². The van der Waals surface area contributed by atoms with Crippen molar-refractivity contribution in [3.63, 3.8) is 0 Å². The number of para-hydroxylation sites is 1. The lowest BCUT2D eigenvalue weighted by molar-refractivity contribution is 0.0904. The third-order valence-corrected chi connectivity index (χ3v) is 6.83. The Morgan fingerprint density at radius 3 is 2.50 bits per heavy atom. The molecule has 1 aliphatic heterocycles. The van der Waals surface area contributed by atoms with Crippen molar-refractivity contribution in [3.8, 4) is 5.69 Å². The smallest absolute Gasteiger partial charge is 0.216 e. The third-order valence-electron chi connectivity index (χ3n) is 4.99. The maximum Gasteiger partial charge on any atom is 0.216 e. The molecule has 3 rings (SSSR count). The Morgan fingerprint density at radius 1 is 1.19 bits per heavy atom. The number of rotatable bonds is 8. The lowest BCUT2D eigenvalue weighted by atomic mass is 10.3. The van der Waals surface area contributed by atoms with Crippen molar-refractivity contribution in [1.29, 1.82) is 0 Å². The molecule has 0 radical (unpaired) electrons. The Balaban J connectivity index is 0.00000363. The van der Waals surface area contributed by atoms with Crippen LogP contribution >= 0.6 is 24.0 Å². The zero-order valence-electron chi connectivity index (χ0n) is 18.7. The summed E-state index contributed by atoms with van der Waals surface area (Å²) in [6, 6.07) is 9.88. The molecule has 1 aromatic carbocycles. The first-order valence-corrected chi connectivity index (χ1v) is 12.0. The van der Waals surface area contributed by atoms with Crippen molar-refractivity contribution in [2.45, 2.75) is 26.5 Å². The number of piperazine rings is 1. The van der Waals surface area contributed by atoms with Gasteiger partial charge in [-0.05, 0) is 26.0 Å². The summed E-state index contributed by atoms with van der Waals surface area (Å²) in [7, 11) is -1.60. The van der Waals surface area contributed by atoms with E-state index in [0.717, 1.165) is 11.5 Å². The average Bonchev–Trinajstić information content (AvgIpc) is 3.23. The lowest BCUT2D eigenvalue weighted by Gasteiger charge is -2.35. The Kier molecular flexibility index (Phi) is 10.3. The van der Waals surface area contributed by atoms with Crippen molar-refractivity contribution < 1.29 is 13.2 Å². The highest BCUT2D eigenvalue weighted by molar-refractivity contribution is 14.0. The molecule has 0 unspecified atom stereocenters. The minimum absolute atomic E-state index is 0. The molecule has 178 valence electrons. The molecule has 0 bridgehead atoms. The number of ether oxygens (including phenoxy) is 1. The number of hydrogen-bond donors (Lipinski definition) is 1. The van der Waals surface area contributed by atoms with Gasteiger partial charge in [0.05, 0.1) is 25.0 Å². The van der Waals surface area contributed by atoms with Crippen LogP contribution in [0.5, 0.6) is 0 Å². The number of hydrogen-bond acceptors (Lipinski definition) is 6. The monoisotopic (exact) mass is 577 g/mol. The van der Waals surface area contributed by atoms with Crippen LogP contribution in [0.3, 0.4) is 0 Å². The predicted molar refractivity (Wildman–Crippen MR) is 135 cm³/mol. The number of benzene rings is 1. The molecule has 1 saturated heterocycles. The summed E-state index contributed by atoms with van der Waals surface area (Å²) in [5, 5.41) is 11.5. The van der Waals surface area contributed by atoms with E-state index in [2.05, 4.69) is 25.4 Å². The summed E-state index contributed by atoms with van der Waals surface area (Å²) in [6.07, 6.45) is 1.70. The highest BCUT2D eigenvalue weighted by atomic mass is 127. The van der Waals surface area contributed by atoms with E-state index in [1.807, 2.05) is 48.7 Å². The average molecular weight is 577 g/mol. The topological polar surface area (TPSA) is 105 Å². The summed E-state index contributed by atoms with van der Waals surface area (Å²) in [5.41, 5.74) is 0.986. The summed E-state index contributed by atoms with van der Waals surface area (Å²) in [6.45, 7) is 6.43. The van der Waals surface area contributed by atoms with Crippen molar-refractivity contribution in [2.24, 2.45) is 4.99 Å². The normalized spacial score (nSPS) is 15.6. The van der Waals surface area contributed by atoms with Crippen molar-refractivity contribution in [2.75, 3.05) is 45.6 Å². The minimum Gasteiger partial charge on any atom is -0.378 e. The summed E-state index contributed by atoms with van der Waals surface area (Å²) >= 11 is 0. The Morgan fingerprint density at radius 2 is 1.88 bits per heavy atom. The fourth-order valence-electron chi connectivity index (χ4n) is 3.37. The second-order valence-electron chi connectivity index (χ2n) is 7.48. The van der Waals surface area contributed by atoms with Crippen LogP contribution in [-0.2, 0) is 21.3 Å². The molecule has 1 aliphatic rings. The van der Waals surface area contributed by atoms with Gasteiger partial charge in [-0.15, -0.1) is 34.2 Å². The standard InChI is InChI=1S/C20H31N7O3S.HI/c1-17(2)30-13-14-31(28,29)26-11-9-25(10-12-26)20(21-3)22-15-19-24-23-16-27(19)18-7-5-4-6-8-18;/h4-8,16-17H,9-15H2,1-3H3,(H,21,22);1H. The molecular formula is C20H32IN7O3S. The Labute approximate surface area is 207 Å². The van der Waals surface area contributed by atoms with Gasteiger partial charge in [-0.3, -0.25) is 9.56 Å². The number of nitrogens with zero attached hydrogens (tertiary/aromatic N) is 6. The molecule has 1 fully saturated rings. The van der Waals surface area contributed by atoms with Crippen molar-refractivity contribution in [1.82, 2.24) is 29.3 Å². The van der Waals surface area contributed by atoms with Gasteiger partial charge in [0.2, 0.25) is 10.0 Å². The van der Waals surface area contributed by atoms with Crippen LogP contribution in [-0.4, -0.2) is 90.0 Å². The SMILES string of the molecule is CN=C(NCc1nncn1-c1ccccc1)N1CCN(S(=O)(=O)CCOC(C)C)CC1.I. The van der Waals surface area contributed by atoms with Crippen LogP contribution in [0.25, 0.3) is 5.69 Å². The highest BCUT2D eigenvalue weighted by Crippen LogP contribution is 2.11. The van der Waals surface area contributed by atoms with E-state index in [1.54, 1.807) is 13.4 Å². The molecule has 1 N–H and O–H groups in total. The van der Waals surface area contributed by atoms with Gasteiger partial charge >= 0.3 is 0 Å². The fraction of sp³-hybridized carbons (Fsp3) is 0.550. The van der Waals surface area contributed by atoms with E-state index in [4.69, 9.17) is 4.74 Å². The summed E-state index contributed by atoms with van der Waals surface area (Å²) in [5.74, 6) is 1.48. The number of guanidine groups is 1.